The lowest BCUT2D eigenvalue weighted by atomic mass is 9.75. The fourth-order valence-electron chi connectivity index (χ4n) is 4.41. The van der Waals surface area contributed by atoms with Gasteiger partial charge in [-0.2, -0.15) is 5.10 Å². The van der Waals surface area contributed by atoms with Crippen LogP contribution < -0.4 is 10.1 Å². The molecule has 1 spiro atoms. The number of hydrogen-bond donors (Lipinski definition) is 1. The monoisotopic (exact) mass is 355 g/mol. The van der Waals surface area contributed by atoms with Crippen LogP contribution in [0.25, 0.3) is 0 Å². The van der Waals surface area contributed by atoms with E-state index in [9.17, 15) is 4.79 Å². The molecule has 2 aliphatic heterocycles. The van der Waals surface area contributed by atoms with Gasteiger partial charge >= 0.3 is 0 Å². The molecule has 0 aromatic carbocycles. The minimum absolute atomic E-state index is 0.143. The molecule has 4 heterocycles. The van der Waals surface area contributed by atoms with Gasteiger partial charge in [0.15, 0.2) is 0 Å². The highest BCUT2D eigenvalue weighted by Gasteiger charge is 2.49. The van der Waals surface area contributed by atoms with Crippen molar-refractivity contribution in [3.8, 4) is 5.88 Å². The zero-order chi connectivity index (χ0) is 18.1. The lowest BCUT2D eigenvalue weighted by Gasteiger charge is -2.42. The predicted molar refractivity (Wildman–Crippen MR) is 96.7 cm³/mol. The average Bonchev–Trinajstić information content (AvgIpc) is 3.21. The van der Waals surface area contributed by atoms with Gasteiger partial charge < -0.3 is 10.1 Å². The van der Waals surface area contributed by atoms with Gasteiger partial charge in [-0.25, -0.2) is 4.98 Å². The van der Waals surface area contributed by atoms with Gasteiger partial charge in [0.25, 0.3) is 0 Å². The second-order valence-corrected chi connectivity index (χ2v) is 7.36. The van der Waals surface area contributed by atoms with E-state index in [1.54, 1.807) is 13.3 Å². The van der Waals surface area contributed by atoms with Gasteiger partial charge in [0.05, 0.1) is 13.3 Å². The fourth-order valence-corrected chi connectivity index (χ4v) is 4.41. The summed E-state index contributed by atoms with van der Waals surface area (Å²) >= 11 is 0. The third-order valence-corrected chi connectivity index (χ3v) is 5.76. The number of hydrogen-bond acceptors (Lipinski definition) is 5. The fraction of sp³-hybridized carbons (Fsp3) is 0.526. The molecule has 0 bridgehead atoms. The van der Waals surface area contributed by atoms with Crippen molar-refractivity contribution in [3.05, 3.63) is 41.9 Å². The lowest BCUT2D eigenvalue weighted by molar-refractivity contribution is -0.120. The van der Waals surface area contributed by atoms with E-state index in [0.717, 1.165) is 43.6 Å². The highest BCUT2D eigenvalue weighted by atomic mass is 16.5. The number of carbonyl (C=O) groups excluding carboxylic acids is 1. The van der Waals surface area contributed by atoms with Crippen molar-refractivity contribution in [2.24, 2.45) is 7.05 Å². The minimum Gasteiger partial charge on any atom is -0.481 e. The summed E-state index contributed by atoms with van der Waals surface area (Å²) < 4.78 is 7.18. The Balaban J connectivity index is 1.47. The summed E-state index contributed by atoms with van der Waals surface area (Å²) in [5.74, 6) is 1.05. The average molecular weight is 355 g/mol. The molecule has 1 unspecified atom stereocenters. The molecule has 7 nitrogen and oxygen atoms in total. The topological polar surface area (TPSA) is 72.3 Å². The molecule has 26 heavy (non-hydrogen) atoms. The van der Waals surface area contributed by atoms with Gasteiger partial charge in [-0.3, -0.25) is 14.4 Å². The molecule has 0 radical (unpaired) electrons. The largest absolute Gasteiger partial charge is 0.481 e. The predicted octanol–water partition coefficient (Wildman–Crippen LogP) is 1.46. The Hall–Kier alpha value is -2.41. The summed E-state index contributed by atoms with van der Waals surface area (Å²) in [4.78, 5) is 18.9. The van der Waals surface area contributed by atoms with E-state index in [2.05, 4.69) is 26.4 Å². The van der Waals surface area contributed by atoms with Crippen molar-refractivity contribution >= 4 is 5.91 Å². The van der Waals surface area contributed by atoms with Crippen LogP contribution in [0.4, 0.5) is 0 Å². The maximum Gasteiger partial charge on any atom is 0.221 e. The summed E-state index contributed by atoms with van der Waals surface area (Å²) in [6, 6.07) is 4.00. The Morgan fingerprint density at radius 2 is 2.19 bits per heavy atom. The number of nitrogens with zero attached hydrogens (tertiary/aromatic N) is 4. The second kappa shape index (κ2) is 6.72. The number of amides is 1. The number of ether oxygens (including phenoxy) is 1. The first-order chi connectivity index (χ1) is 12.6. The molecule has 4 rings (SSSR count). The number of aryl methyl sites for hydroxylation is 1. The van der Waals surface area contributed by atoms with Crippen molar-refractivity contribution in [2.45, 2.75) is 37.3 Å². The third-order valence-electron chi connectivity index (χ3n) is 5.76. The summed E-state index contributed by atoms with van der Waals surface area (Å²) in [6.07, 6.45) is 8.14. The summed E-state index contributed by atoms with van der Waals surface area (Å²) in [7, 11) is 3.58. The van der Waals surface area contributed by atoms with E-state index in [1.807, 2.05) is 30.2 Å². The Morgan fingerprint density at radius 1 is 1.38 bits per heavy atom. The molecule has 2 aromatic rings. The molecule has 0 aliphatic carbocycles. The Kier molecular flexibility index (Phi) is 4.40. The number of aromatic nitrogens is 3. The van der Waals surface area contributed by atoms with E-state index in [-0.39, 0.29) is 17.4 Å². The summed E-state index contributed by atoms with van der Waals surface area (Å²) in [6.45, 7) is 2.70. The number of nitrogens with one attached hydrogen (secondary N) is 1. The number of methoxy groups -OCH3 is 1. The number of carbonyl (C=O) groups is 1. The van der Waals surface area contributed by atoms with Gasteiger partial charge in [0, 0.05) is 62.5 Å². The zero-order valence-corrected chi connectivity index (χ0v) is 15.3. The van der Waals surface area contributed by atoms with E-state index in [0.29, 0.717) is 12.3 Å². The lowest BCUT2D eigenvalue weighted by Crippen LogP contribution is -2.53. The number of likely N-dealkylation sites (tertiary alicyclic amines) is 1. The SMILES string of the molecule is COc1ncccc1CN1CCC2(CC1)NC(=O)CC2c1cnn(C)c1. The smallest absolute Gasteiger partial charge is 0.221 e. The first-order valence-electron chi connectivity index (χ1n) is 9.09. The second-order valence-electron chi connectivity index (χ2n) is 7.36. The molecule has 2 aromatic heterocycles. The molecule has 2 aliphatic rings. The maximum atomic E-state index is 12.2. The molecule has 1 atom stereocenters. The summed E-state index contributed by atoms with van der Waals surface area (Å²) in [5, 5.41) is 7.59. The van der Waals surface area contributed by atoms with Crippen molar-refractivity contribution < 1.29 is 9.53 Å². The maximum absolute atomic E-state index is 12.2. The van der Waals surface area contributed by atoms with Crippen LogP contribution >= 0.6 is 0 Å². The van der Waals surface area contributed by atoms with Crippen molar-refractivity contribution in [2.75, 3.05) is 20.2 Å². The Bertz CT molecular complexity index is 795. The normalized spacial score (nSPS) is 22.5. The van der Waals surface area contributed by atoms with E-state index in [4.69, 9.17) is 4.74 Å². The van der Waals surface area contributed by atoms with Crippen molar-refractivity contribution in [3.63, 3.8) is 0 Å². The molecule has 138 valence electrons. The molecule has 7 heteroatoms. The molecule has 1 N–H and O–H groups in total. The van der Waals surface area contributed by atoms with Crippen LogP contribution in [0.5, 0.6) is 5.88 Å². The highest BCUT2D eigenvalue weighted by molar-refractivity contribution is 5.81. The zero-order valence-electron chi connectivity index (χ0n) is 15.3. The molecule has 1 amide bonds. The van der Waals surface area contributed by atoms with Crippen LogP contribution in [0.3, 0.4) is 0 Å². The van der Waals surface area contributed by atoms with Crippen LogP contribution in [-0.2, 0) is 18.4 Å². The van der Waals surface area contributed by atoms with Gasteiger partial charge in [0.2, 0.25) is 11.8 Å². The number of rotatable bonds is 4. The van der Waals surface area contributed by atoms with Crippen molar-refractivity contribution in [1.82, 2.24) is 25.0 Å². The molecule has 2 fully saturated rings. The molecule has 2 saturated heterocycles. The van der Waals surface area contributed by atoms with Gasteiger partial charge in [-0.1, -0.05) is 6.07 Å². The quantitative estimate of drug-likeness (QED) is 0.899. The van der Waals surface area contributed by atoms with Gasteiger partial charge in [-0.15, -0.1) is 0 Å². The van der Waals surface area contributed by atoms with E-state index >= 15 is 0 Å². The van der Waals surface area contributed by atoms with Crippen LogP contribution in [-0.4, -0.2) is 51.3 Å². The first-order valence-corrected chi connectivity index (χ1v) is 9.09. The van der Waals surface area contributed by atoms with Crippen LogP contribution in [0.2, 0.25) is 0 Å². The summed E-state index contributed by atoms with van der Waals surface area (Å²) in [5.41, 5.74) is 2.12. The first kappa shape index (κ1) is 17.0. The standard InChI is InChI=1S/C19H25N5O2/c1-23-12-15(11-21-23)16-10-17(25)22-19(16)5-8-24(9-6-19)13-14-4-3-7-20-18(14)26-2/h3-4,7,11-12,16H,5-6,8-10,13H2,1-2H3,(H,22,25). The Morgan fingerprint density at radius 3 is 2.88 bits per heavy atom. The van der Waals surface area contributed by atoms with Crippen LogP contribution in [0, 0.1) is 0 Å². The van der Waals surface area contributed by atoms with Crippen molar-refractivity contribution in [1.29, 1.82) is 0 Å². The number of pyridine rings is 1. The number of piperidine rings is 1. The van der Waals surface area contributed by atoms with Gasteiger partial charge in [-0.05, 0) is 24.5 Å². The Labute approximate surface area is 153 Å². The molecule has 0 saturated carbocycles. The van der Waals surface area contributed by atoms with Gasteiger partial charge in [0.1, 0.15) is 0 Å². The minimum atomic E-state index is -0.143. The van der Waals surface area contributed by atoms with E-state index in [1.165, 1.54) is 0 Å². The van der Waals surface area contributed by atoms with Crippen LogP contribution in [0.15, 0.2) is 30.7 Å². The third kappa shape index (κ3) is 3.07. The highest BCUT2D eigenvalue weighted by Crippen LogP contribution is 2.43. The molecular formula is C19H25N5O2. The van der Waals surface area contributed by atoms with Crippen LogP contribution in [0.1, 0.15) is 36.3 Å². The molecular weight excluding hydrogens is 330 g/mol. The van der Waals surface area contributed by atoms with E-state index < -0.39 is 0 Å².